The van der Waals surface area contributed by atoms with Gasteiger partial charge in [0, 0.05) is 24.9 Å². The summed E-state index contributed by atoms with van der Waals surface area (Å²) in [5.41, 5.74) is 0.873. The average molecular weight is 490 g/mol. The third-order valence-corrected chi connectivity index (χ3v) is 4.79. The van der Waals surface area contributed by atoms with Crippen LogP contribution in [0.2, 0.25) is 0 Å². The Morgan fingerprint density at radius 1 is 1.38 bits per heavy atom. The van der Waals surface area contributed by atoms with E-state index in [1.165, 1.54) is 6.07 Å². The molecule has 0 atom stereocenters. The van der Waals surface area contributed by atoms with E-state index >= 15 is 0 Å². The van der Waals surface area contributed by atoms with Gasteiger partial charge in [0.1, 0.15) is 5.82 Å². The number of hydrogen-bond acceptors (Lipinski definition) is 2. The molecule has 0 aromatic heterocycles. The van der Waals surface area contributed by atoms with Crippen LogP contribution in [0, 0.1) is 5.82 Å². The van der Waals surface area contributed by atoms with Crippen molar-refractivity contribution in [2.75, 3.05) is 19.8 Å². The van der Waals surface area contributed by atoms with E-state index in [1.54, 1.807) is 24.9 Å². The molecular formula is C14H22BrFIN3S. The van der Waals surface area contributed by atoms with Crippen molar-refractivity contribution in [2.45, 2.75) is 25.1 Å². The quantitative estimate of drug-likeness (QED) is 0.372. The molecule has 1 rings (SSSR count). The zero-order chi connectivity index (χ0) is 15.2. The molecule has 0 saturated carbocycles. The van der Waals surface area contributed by atoms with Crippen LogP contribution in [0.3, 0.4) is 0 Å². The van der Waals surface area contributed by atoms with Gasteiger partial charge in [0.2, 0.25) is 0 Å². The SMILES string of the molecule is CN=C(NCc1ccc(Br)c(F)c1)NCC(C)(C)SC.I. The highest BCUT2D eigenvalue weighted by atomic mass is 127. The summed E-state index contributed by atoms with van der Waals surface area (Å²) in [6, 6.07) is 5.09. The van der Waals surface area contributed by atoms with Gasteiger partial charge in [0.25, 0.3) is 0 Å². The first-order valence-corrected chi connectivity index (χ1v) is 8.33. The second kappa shape index (κ2) is 9.89. The van der Waals surface area contributed by atoms with Gasteiger partial charge < -0.3 is 10.6 Å². The molecule has 0 spiro atoms. The molecule has 0 aliphatic carbocycles. The number of halogens is 3. The van der Waals surface area contributed by atoms with E-state index in [1.807, 2.05) is 6.07 Å². The first kappa shape index (κ1) is 21.0. The Labute approximate surface area is 156 Å². The highest BCUT2D eigenvalue weighted by Crippen LogP contribution is 2.19. The fourth-order valence-electron chi connectivity index (χ4n) is 1.42. The summed E-state index contributed by atoms with van der Waals surface area (Å²) in [6.07, 6.45) is 2.09. The van der Waals surface area contributed by atoms with E-state index < -0.39 is 0 Å². The molecule has 3 nitrogen and oxygen atoms in total. The molecule has 120 valence electrons. The maximum Gasteiger partial charge on any atom is 0.191 e. The van der Waals surface area contributed by atoms with Crippen molar-refractivity contribution in [3.63, 3.8) is 0 Å². The number of aliphatic imine (C=N–C) groups is 1. The third-order valence-electron chi connectivity index (χ3n) is 2.90. The predicted octanol–water partition coefficient (Wildman–Crippen LogP) is 4.01. The van der Waals surface area contributed by atoms with Crippen molar-refractivity contribution in [1.82, 2.24) is 10.6 Å². The van der Waals surface area contributed by atoms with Crippen molar-refractivity contribution < 1.29 is 4.39 Å². The number of thioether (sulfide) groups is 1. The lowest BCUT2D eigenvalue weighted by molar-refractivity contribution is 0.617. The van der Waals surface area contributed by atoms with Gasteiger partial charge in [0.05, 0.1) is 4.47 Å². The van der Waals surface area contributed by atoms with E-state index in [-0.39, 0.29) is 34.5 Å². The normalized spacial score (nSPS) is 11.8. The van der Waals surface area contributed by atoms with Crippen molar-refractivity contribution >= 4 is 57.6 Å². The molecular weight excluding hydrogens is 468 g/mol. The Bertz CT molecular complexity index is 483. The average Bonchev–Trinajstić information content (AvgIpc) is 2.42. The summed E-state index contributed by atoms with van der Waals surface area (Å²) in [6.45, 7) is 5.68. The minimum absolute atomic E-state index is 0. The molecule has 0 aliphatic heterocycles. The molecule has 7 heteroatoms. The molecule has 0 saturated heterocycles. The zero-order valence-corrected chi connectivity index (χ0v) is 17.4. The van der Waals surface area contributed by atoms with Gasteiger partial charge >= 0.3 is 0 Å². The summed E-state index contributed by atoms with van der Waals surface area (Å²) in [4.78, 5) is 4.16. The molecule has 1 aromatic rings. The van der Waals surface area contributed by atoms with Gasteiger partial charge in [-0.15, -0.1) is 24.0 Å². The van der Waals surface area contributed by atoms with Crippen LogP contribution in [0.5, 0.6) is 0 Å². The molecule has 0 aliphatic rings. The van der Waals surface area contributed by atoms with E-state index in [9.17, 15) is 4.39 Å². The number of guanidine groups is 1. The van der Waals surface area contributed by atoms with Crippen LogP contribution in [-0.2, 0) is 6.54 Å². The van der Waals surface area contributed by atoms with Gasteiger partial charge in [-0.2, -0.15) is 11.8 Å². The molecule has 2 N–H and O–H groups in total. The summed E-state index contributed by atoms with van der Waals surface area (Å²) in [7, 11) is 1.73. The summed E-state index contributed by atoms with van der Waals surface area (Å²) in [5.74, 6) is 0.464. The zero-order valence-electron chi connectivity index (χ0n) is 12.7. The minimum atomic E-state index is -0.254. The van der Waals surface area contributed by atoms with Crippen molar-refractivity contribution in [3.05, 3.63) is 34.1 Å². The lowest BCUT2D eigenvalue weighted by atomic mass is 10.2. The summed E-state index contributed by atoms with van der Waals surface area (Å²) >= 11 is 4.94. The Morgan fingerprint density at radius 3 is 2.57 bits per heavy atom. The van der Waals surface area contributed by atoms with Crippen LogP contribution in [0.15, 0.2) is 27.7 Å². The molecule has 0 fully saturated rings. The standard InChI is InChI=1S/C14H21BrFN3S.HI/c1-14(2,20-4)9-19-13(17-3)18-8-10-5-6-11(15)12(16)7-10;/h5-7H,8-9H2,1-4H3,(H2,17,18,19);1H. The van der Waals surface area contributed by atoms with Crippen LogP contribution in [0.4, 0.5) is 4.39 Å². The van der Waals surface area contributed by atoms with Gasteiger partial charge in [-0.25, -0.2) is 4.39 Å². The van der Waals surface area contributed by atoms with Crippen molar-refractivity contribution in [2.24, 2.45) is 4.99 Å². The Hall–Kier alpha value is -0.0200. The first-order valence-electron chi connectivity index (χ1n) is 6.31. The summed E-state index contributed by atoms with van der Waals surface area (Å²) < 4.78 is 14.0. The van der Waals surface area contributed by atoms with Crippen LogP contribution in [0.25, 0.3) is 0 Å². The van der Waals surface area contributed by atoms with Gasteiger partial charge in [-0.1, -0.05) is 6.07 Å². The third kappa shape index (κ3) is 7.69. The van der Waals surface area contributed by atoms with Crippen LogP contribution < -0.4 is 10.6 Å². The smallest absolute Gasteiger partial charge is 0.191 e. The monoisotopic (exact) mass is 489 g/mol. The van der Waals surface area contributed by atoms with Crippen molar-refractivity contribution in [3.8, 4) is 0 Å². The Kier molecular flexibility index (Phi) is 9.88. The van der Waals surface area contributed by atoms with E-state index in [0.717, 1.165) is 18.1 Å². The number of rotatable bonds is 5. The number of nitrogens with zero attached hydrogens (tertiary/aromatic N) is 1. The number of benzene rings is 1. The number of hydrogen-bond donors (Lipinski definition) is 2. The highest BCUT2D eigenvalue weighted by molar-refractivity contribution is 14.0. The van der Waals surface area contributed by atoms with E-state index in [2.05, 4.69) is 51.7 Å². The fourth-order valence-corrected chi connectivity index (χ4v) is 1.89. The lowest BCUT2D eigenvalue weighted by Crippen LogP contribution is -2.42. The van der Waals surface area contributed by atoms with Crippen LogP contribution >= 0.6 is 51.7 Å². The first-order chi connectivity index (χ1) is 9.38. The molecule has 0 radical (unpaired) electrons. The maximum absolute atomic E-state index is 13.4. The van der Waals surface area contributed by atoms with Crippen LogP contribution in [-0.4, -0.2) is 30.6 Å². The van der Waals surface area contributed by atoms with Gasteiger partial charge in [-0.3, -0.25) is 4.99 Å². The second-order valence-corrected chi connectivity index (χ2v) is 7.36. The predicted molar refractivity (Wildman–Crippen MR) is 105 cm³/mol. The molecule has 0 amide bonds. The highest BCUT2D eigenvalue weighted by Gasteiger charge is 2.16. The van der Waals surface area contributed by atoms with E-state index in [0.29, 0.717) is 11.0 Å². The van der Waals surface area contributed by atoms with Gasteiger partial charge in [-0.05, 0) is 53.7 Å². The second-order valence-electron chi connectivity index (χ2n) is 4.99. The van der Waals surface area contributed by atoms with E-state index in [4.69, 9.17) is 0 Å². The minimum Gasteiger partial charge on any atom is -0.355 e. The molecule has 1 aromatic carbocycles. The molecule has 21 heavy (non-hydrogen) atoms. The lowest BCUT2D eigenvalue weighted by Gasteiger charge is -2.23. The largest absolute Gasteiger partial charge is 0.355 e. The Balaban J connectivity index is 0.00000400. The topological polar surface area (TPSA) is 36.4 Å². The molecule has 0 unspecified atom stereocenters. The van der Waals surface area contributed by atoms with Crippen molar-refractivity contribution in [1.29, 1.82) is 0 Å². The fraction of sp³-hybridized carbons (Fsp3) is 0.500. The molecule has 0 bridgehead atoms. The Morgan fingerprint density at radius 2 is 2.05 bits per heavy atom. The maximum atomic E-state index is 13.4. The van der Waals surface area contributed by atoms with Crippen LogP contribution in [0.1, 0.15) is 19.4 Å². The van der Waals surface area contributed by atoms with Gasteiger partial charge in [0.15, 0.2) is 5.96 Å². The molecule has 0 heterocycles. The summed E-state index contributed by atoms with van der Waals surface area (Å²) in [5, 5.41) is 6.45. The number of nitrogens with one attached hydrogen (secondary N) is 2.